The number of hydrogen-bond acceptors (Lipinski definition) is 3. The van der Waals surface area contributed by atoms with Gasteiger partial charge in [-0.3, -0.25) is 4.79 Å². The summed E-state index contributed by atoms with van der Waals surface area (Å²) in [5, 5.41) is 4.66. The summed E-state index contributed by atoms with van der Waals surface area (Å²) in [4.78, 5) is 16.1. The number of carbonyl (C=O) groups excluding carboxylic acids is 1. The van der Waals surface area contributed by atoms with Gasteiger partial charge in [0.1, 0.15) is 23.1 Å². The molecule has 24 heavy (non-hydrogen) atoms. The van der Waals surface area contributed by atoms with E-state index in [2.05, 4.69) is 10.3 Å². The maximum atomic E-state index is 13.2. The van der Waals surface area contributed by atoms with Crippen molar-refractivity contribution < 1.29 is 13.9 Å². The van der Waals surface area contributed by atoms with Crippen molar-refractivity contribution in [1.82, 2.24) is 4.98 Å². The van der Waals surface area contributed by atoms with E-state index in [9.17, 15) is 9.18 Å². The Morgan fingerprint density at radius 2 is 1.92 bits per heavy atom. The molecule has 0 unspecified atom stereocenters. The molecule has 1 aliphatic carbocycles. The van der Waals surface area contributed by atoms with E-state index in [0.717, 1.165) is 23.6 Å². The summed E-state index contributed by atoms with van der Waals surface area (Å²) >= 11 is 0. The normalized spacial score (nSPS) is 13.7. The Balaban J connectivity index is 1.55. The van der Waals surface area contributed by atoms with Crippen LogP contribution in [0.15, 0.2) is 54.7 Å². The zero-order valence-electron chi connectivity index (χ0n) is 12.8. The number of aromatic nitrogens is 1. The van der Waals surface area contributed by atoms with E-state index in [0.29, 0.717) is 17.3 Å². The van der Waals surface area contributed by atoms with E-state index in [1.54, 1.807) is 24.4 Å². The van der Waals surface area contributed by atoms with Crippen LogP contribution in [0.5, 0.6) is 11.5 Å². The van der Waals surface area contributed by atoms with E-state index in [-0.39, 0.29) is 17.6 Å². The summed E-state index contributed by atoms with van der Waals surface area (Å²) in [6.07, 6.45) is 3.61. The fraction of sp³-hybridized carbons (Fsp3) is 0.158. The SMILES string of the molecule is O=C(Nc1cc2ccc(Oc3cccc(F)c3)cc2cn1)C1CC1. The largest absolute Gasteiger partial charge is 0.457 e. The lowest BCUT2D eigenvalue weighted by atomic mass is 10.1. The minimum atomic E-state index is -0.342. The molecular weight excluding hydrogens is 307 g/mol. The van der Waals surface area contributed by atoms with Crippen LogP contribution in [-0.2, 0) is 4.79 Å². The second kappa shape index (κ2) is 5.92. The van der Waals surface area contributed by atoms with Crippen LogP contribution >= 0.6 is 0 Å². The Bertz CT molecular complexity index is 922. The fourth-order valence-electron chi connectivity index (χ4n) is 2.49. The summed E-state index contributed by atoms with van der Waals surface area (Å²) in [6, 6.07) is 13.4. The fourth-order valence-corrected chi connectivity index (χ4v) is 2.49. The molecular formula is C19H15FN2O2. The van der Waals surface area contributed by atoms with Gasteiger partial charge in [-0.05, 0) is 48.6 Å². The predicted molar refractivity (Wildman–Crippen MR) is 89.6 cm³/mol. The molecule has 1 saturated carbocycles. The first-order chi connectivity index (χ1) is 11.7. The van der Waals surface area contributed by atoms with Gasteiger partial charge in [-0.1, -0.05) is 12.1 Å². The molecule has 5 heteroatoms. The van der Waals surface area contributed by atoms with Crippen molar-refractivity contribution in [2.45, 2.75) is 12.8 Å². The number of nitrogens with zero attached hydrogens (tertiary/aromatic N) is 1. The van der Waals surface area contributed by atoms with Crippen LogP contribution < -0.4 is 10.1 Å². The first kappa shape index (κ1) is 14.6. The van der Waals surface area contributed by atoms with Gasteiger partial charge in [-0.15, -0.1) is 0 Å². The lowest BCUT2D eigenvalue weighted by molar-refractivity contribution is -0.117. The van der Waals surface area contributed by atoms with Crippen molar-refractivity contribution in [2.75, 3.05) is 5.32 Å². The van der Waals surface area contributed by atoms with Crippen molar-refractivity contribution in [3.63, 3.8) is 0 Å². The van der Waals surface area contributed by atoms with Crippen molar-refractivity contribution in [1.29, 1.82) is 0 Å². The molecule has 0 spiro atoms. The van der Waals surface area contributed by atoms with Crippen LogP contribution in [0, 0.1) is 11.7 Å². The smallest absolute Gasteiger partial charge is 0.228 e. The van der Waals surface area contributed by atoms with Crippen LogP contribution in [0.2, 0.25) is 0 Å². The second-order valence-corrected chi connectivity index (χ2v) is 5.90. The summed E-state index contributed by atoms with van der Waals surface area (Å²) in [5.41, 5.74) is 0. The Kier molecular flexibility index (Phi) is 3.61. The quantitative estimate of drug-likeness (QED) is 0.768. The van der Waals surface area contributed by atoms with Gasteiger partial charge < -0.3 is 10.1 Å². The number of nitrogens with one attached hydrogen (secondary N) is 1. The van der Waals surface area contributed by atoms with Gasteiger partial charge in [0.25, 0.3) is 0 Å². The van der Waals surface area contributed by atoms with E-state index < -0.39 is 0 Å². The molecule has 1 heterocycles. The highest BCUT2D eigenvalue weighted by Gasteiger charge is 2.29. The van der Waals surface area contributed by atoms with Gasteiger partial charge in [0.2, 0.25) is 5.91 Å². The third kappa shape index (κ3) is 3.20. The average molecular weight is 322 g/mol. The van der Waals surface area contributed by atoms with Crippen LogP contribution in [0.3, 0.4) is 0 Å². The zero-order valence-corrected chi connectivity index (χ0v) is 12.8. The van der Waals surface area contributed by atoms with Crippen LogP contribution in [0.4, 0.5) is 10.2 Å². The Labute approximate surface area is 138 Å². The van der Waals surface area contributed by atoms with Gasteiger partial charge in [0, 0.05) is 23.6 Å². The number of rotatable bonds is 4. The van der Waals surface area contributed by atoms with Crippen molar-refractivity contribution in [3.05, 3.63) is 60.5 Å². The molecule has 0 bridgehead atoms. The standard InChI is InChI=1S/C19H15FN2O2/c20-15-2-1-3-16(10-15)24-17-7-6-13-9-18(21-11-14(13)8-17)22-19(23)12-4-5-12/h1-3,6-12H,4-5H2,(H,21,22,23). The number of amides is 1. The van der Waals surface area contributed by atoms with Gasteiger partial charge in [0.15, 0.2) is 0 Å². The second-order valence-electron chi connectivity index (χ2n) is 5.90. The Morgan fingerprint density at radius 3 is 2.71 bits per heavy atom. The molecule has 1 aliphatic rings. The maximum absolute atomic E-state index is 13.2. The Hall–Kier alpha value is -2.95. The van der Waals surface area contributed by atoms with Gasteiger partial charge >= 0.3 is 0 Å². The molecule has 3 aromatic rings. The summed E-state index contributed by atoms with van der Waals surface area (Å²) in [6.45, 7) is 0. The number of ether oxygens (including phenoxy) is 1. The molecule has 1 fully saturated rings. The van der Waals surface area contributed by atoms with E-state index >= 15 is 0 Å². The molecule has 2 aromatic carbocycles. The predicted octanol–water partition coefficient (Wildman–Crippen LogP) is 4.51. The molecule has 0 aliphatic heterocycles. The third-order valence-electron chi connectivity index (χ3n) is 3.92. The molecule has 4 nitrogen and oxygen atoms in total. The van der Waals surface area contributed by atoms with Gasteiger partial charge in [-0.2, -0.15) is 0 Å². The first-order valence-electron chi connectivity index (χ1n) is 7.81. The number of halogens is 1. The average Bonchev–Trinajstić information content (AvgIpc) is 3.40. The topological polar surface area (TPSA) is 51.2 Å². The highest BCUT2D eigenvalue weighted by Crippen LogP contribution is 2.31. The number of benzene rings is 2. The number of pyridine rings is 1. The van der Waals surface area contributed by atoms with E-state index in [1.165, 1.54) is 12.1 Å². The molecule has 0 saturated heterocycles. The van der Waals surface area contributed by atoms with Crippen LogP contribution in [-0.4, -0.2) is 10.9 Å². The maximum Gasteiger partial charge on any atom is 0.228 e. The molecule has 0 atom stereocenters. The molecule has 0 radical (unpaired) electrons. The van der Waals surface area contributed by atoms with Crippen LogP contribution in [0.25, 0.3) is 10.8 Å². The minimum absolute atomic E-state index is 0.0351. The molecule has 1 aromatic heterocycles. The number of fused-ring (bicyclic) bond motifs is 1. The highest BCUT2D eigenvalue weighted by atomic mass is 19.1. The molecule has 1 N–H and O–H groups in total. The van der Waals surface area contributed by atoms with Gasteiger partial charge in [0.05, 0.1) is 0 Å². The van der Waals surface area contributed by atoms with Crippen molar-refractivity contribution in [3.8, 4) is 11.5 Å². The Morgan fingerprint density at radius 1 is 1.08 bits per heavy atom. The molecule has 4 rings (SSSR count). The monoisotopic (exact) mass is 322 g/mol. The number of carbonyl (C=O) groups is 1. The van der Waals surface area contributed by atoms with Crippen molar-refractivity contribution in [2.24, 2.45) is 5.92 Å². The van der Waals surface area contributed by atoms with Crippen LogP contribution in [0.1, 0.15) is 12.8 Å². The highest BCUT2D eigenvalue weighted by molar-refractivity contribution is 5.95. The molecule has 120 valence electrons. The third-order valence-corrected chi connectivity index (χ3v) is 3.92. The lowest BCUT2D eigenvalue weighted by Crippen LogP contribution is -2.14. The van der Waals surface area contributed by atoms with Crippen molar-refractivity contribution >= 4 is 22.5 Å². The van der Waals surface area contributed by atoms with Gasteiger partial charge in [-0.25, -0.2) is 9.37 Å². The summed E-state index contributed by atoms with van der Waals surface area (Å²) in [5.74, 6) is 1.43. The zero-order chi connectivity index (χ0) is 16.5. The number of anilines is 1. The molecule has 1 amide bonds. The lowest BCUT2D eigenvalue weighted by Gasteiger charge is -2.08. The van der Waals surface area contributed by atoms with E-state index in [1.807, 2.05) is 18.2 Å². The minimum Gasteiger partial charge on any atom is -0.457 e. The first-order valence-corrected chi connectivity index (χ1v) is 7.81. The summed E-state index contributed by atoms with van der Waals surface area (Å²) in [7, 11) is 0. The van der Waals surface area contributed by atoms with E-state index in [4.69, 9.17) is 4.74 Å². The number of hydrogen-bond donors (Lipinski definition) is 1. The summed E-state index contributed by atoms with van der Waals surface area (Å²) < 4.78 is 18.9.